The molecule has 234 valence electrons. The lowest BCUT2D eigenvalue weighted by atomic mass is 9.85. The number of carbonyl (C=O) groups is 1. The third-order valence-corrected chi connectivity index (χ3v) is 12.0. The van der Waals surface area contributed by atoms with Gasteiger partial charge >= 0.3 is 0 Å². The Labute approximate surface area is 259 Å². The second kappa shape index (κ2) is 13.1. The molecule has 3 N–H and O–H groups in total. The molecule has 0 saturated carbocycles. The number of rotatable bonds is 10. The van der Waals surface area contributed by atoms with Crippen LogP contribution < -0.4 is 11.1 Å². The smallest absolute Gasteiger partial charge is 0.241 e. The number of sulfonamides is 1. The fourth-order valence-corrected chi connectivity index (χ4v) is 9.34. The predicted molar refractivity (Wildman–Crippen MR) is 166 cm³/mol. The summed E-state index contributed by atoms with van der Waals surface area (Å²) < 4.78 is 49.0. The lowest BCUT2D eigenvalue weighted by Gasteiger charge is -2.37. The average Bonchev–Trinajstić information content (AvgIpc) is 3.81. The lowest BCUT2D eigenvalue weighted by molar-refractivity contribution is -0.118. The van der Waals surface area contributed by atoms with Crippen LogP contribution in [-0.2, 0) is 26.0 Å². The fraction of sp³-hybridized carbons (Fsp3) is 0.594. The maximum Gasteiger partial charge on any atom is 0.241 e. The molecule has 4 aliphatic rings. The van der Waals surface area contributed by atoms with Crippen molar-refractivity contribution in [2.45, 2.75) is 94.0 Å². The minimum atomic E-state index is -3.35. The van der Waals surface area contributed by atoms with Gasteiger partial charge in [0.25, 0.3) is 0 Å². The number of benzene rings is 2. The van der Waals surface area contributed by atoms with E-state index in [1.54, 1.807) is 28.6 Å². The largest absolute Gasteiger partial charge is 0.378 e. The molecule has 4 heterocycles. The molecule has 43 heavy (non-hydrogen) atoms. The maximum absolute atomic E-state index is 15.3. The molecule has 4 saturated heterocycles. The number of nitrogens with two attached hydrogens (primary N) is 1. The van der Waals surface area contributed by atoms with Crippen LogP contribution in [-0.4, -0.2) is 79.3 Å². The molecule has 0 aromatic heterocycles. The van der Waals surface area contributed by atoms with E-state index in [1.165, 1.54) is 6.07 Å². The molecule has 8 nitrogen and oxygen atoms in total. The number of piperazine rings is 1. The van der Waals surface area contributed by atoms with Gasteiger partial charge in [-0.25, -0.2) is 12.8 Å². The van der Waals surface area contributed by atoms with E-state index >= 15 is 4.39 Å². The Balaban J connectivity index is 1.16. The third kappa shape index (κ3) is 6.94. The highest BCUT2D eigenvalue weighted by Gasteiger charge is 2.55. The summed E-state index contributed by atoms with van der Waals surface area (Å²) in [4.78, 5) is 16.0. The van der Waals surface area contributed by atoms with E-state index < -0.39 is 21.9 Å². The predicted octanol–water partition coefficient (Wildman–Crippen LogP) is 4.67. The van der Waals surface area contributed by atoms with E-state index in [0.717, 1.165) is 50.8 Å². The normalized spacial score (nSPS) is 30.9. The minimum Gasteiger partial charge on any atom is -0.378 e. The van der Waals surface area contributed by atoms with E-state index in [-0.39, 0.29) is 41.8 Å². The van der Waals surface area contributed by atoms with Crippen molar-refractivity contribution in [3.63, 3.8) is 0 Å². The number of carbonyl (C=O) groups excluding carboxylic acids is 1. The maximum atomic E-state index is 15.3. The summed E-state index contributed by atoms with van der Waals surface area (Å²) in [7, 11) is -3.35. The monoisotopic (exact) mass is 632 g/mol. The van der Waals surface area contributed by atoms with Crippen LogP contribution in [0.3, 0.4) is 0 Å². The number of hydrogen-bond acceptors (Lipinski definition) is 6. The number of nitrogens with one attached hydrogen (secondary N) is 1. The number of nitrogens with zero attached hydrogens (tertiary/aromatic N) is 2. The summed E-state index contributed by atoms with van der Waals surface area (Å²) in [5.41, 5.74) is 8.32. The highest BCUT2D eigenvalue weighted by Crippen LogP contribution is 2.40. The average molecular weight is 633 g/mol. The molecule has 2 bridgehead atoms. The van der Waals surface area contributed by atoms with Gasteiger partial charge < -0.3 is 15.8 Å². The van der Waals surface area contributed by atoms with Gasteiger partial charge in [0.1, 0.15) is 5.82 Å². The first-order chi connectivity index (χ1) is 20.7. The molecule has 2 aromatic carbocycles. The Morgan fingerprint density at radius 1 is 1.09 bits per heavy atom. The quantitative estimate of drug-likeness (QED) is 0.369. The molecular weight excluding hydrogens is 591 g/mol. The summed E-state index contributed by atoms with van der Waals surface area (Å²) in [6.07, 6.45) is 7.18. The summed E-state index contributed by atoms with van der Waals surface area (Å²) in [5, 5.41) is 3.53. The van der Waals surface area contributed by atoms with Crippen molar-refractivity contribution in [1.29, 1.82) is 0 Å². The van der Waals surface area contributed by atoms with Gasteiger partial charge in [0.2, 0.25) is 15.9 Å². The molecule has 8 atom stereocenters. The Kier molecular flexibility index (Phi) is 9.43. The molecule has 2 aromatic rings. The fourth-order valence-electron chi connectivity index (χ4n) is 7.39. The van der Waals surface area contributed by atoms with Gasteiger partial charge in [-0.05, 0) is 87.6 Å². The summed E-state index contributed by atoms with van der Waals surface area (Å²) in [6, 6.07) is 11.5. The van der Waals surface area contributed by atoms with Gasteiger partial charge in [-0.2, -0.15) is 4.31 Å². The van der Waals surface area contributed by atoms with Crippen molar-refractivity contribution in [1.82, 2.24) is 9.21 Å². The molecule has 0 spiro atoms. The van der Waals surface area contributed by atoms with Crippen LogP contribution >= 0.6 is 11.6 Å². The zero-order valence-electron chi connectivity index (χ0n) is 24.5. The SMILES string of the molecule is NC(C(=O)Nc1cccc(F)c1CCC1C2CN2C2CCCS(=O)(=O)N1C2)C(CCC1CCCCO1)c1ccc(Cl)cc1. The highest BCUT2D eigenvalue weighted by molar-refractivity contribution is 7.89. The van der Waals surface area contributed by atoms with E-state index in [4.69, 9.17) is 22.1 Å². The van der Waals surface area contributed by atoms with Gasteiger partial charge in [-0.15, -0.1) is 0 Å². The first-order valence-corrected chi connectivity index (χ1v) is 17.7. The van der Waals surface area contributed by atoms with E-state index in [2.05, 4.69) is 10.2 Å². The van der Waals surface area contributed by atoms with Crippen LogP contribution in [0.15, 0.2) is 42.5 Å². The zero-order valence-corrected chi connectivity index (χ0v) is 26.0. The summed E-state index contributed by atoms with van der Waals surface area (Å²) >= 11 is 6.14. The molecule has 4 aliphatic heterocycles. The standard InChI is InChI=1S/C32H42ClFN4O4S/c33-22-11-9-21(10-12-22)25(14-13-24-6-1-2-17-42-24)31(35)32(39)36-28-8-3-7-27(34)26(28)15-16-29-30-20-37(30)23-5-4-18-43(40,41)38(29)19-23/h3,7-12,23-25,29-31H,1-2,4-6,13-20,35H2,(H,36,39). The van der Waals surface area contributed by atoms with Crippen molar-refractivity contribution in [2.24, 2.45) is 5.73 Å². The number of amides is 1. The molecule has 11 heteroatoms. The Hall–Kier alpha value is -2.08. The molecular formula is C32H42ClFN4O4S. The van der Waals surface area contributed by atoms with Crippen LogP contribution in [0.1, 0.15) is 68.4 Å². The van der Waals surface area contributed by atoms with E-state index in [1.807, 2.05) is 12.1 Å². The third-order valence-electron chi connectivity index (χ3n) is 9.84. The van der Waals surface area contributed by atoms with Gasteiger partial charge in [0.05, 0.1) is 17.9 Å². The van der Waals surface area contributed by atoms with E-state index in [0.29, 0.717) is 48.5 Å². The minimum absolute atomic E-state index is 0.152. The first-order valence-electron chi connectivity index (χ1n) is 15.7. The molecule has 4 fully saturated rings. The number of halogens is 2. The Morgan fingerprint density at radius 3 is 2.67 bits per heavy atom. The number of ether oxygens (including phenoxy) is 1. The van der Waals surface area contributed by atoms with Crippen LogP contribution in [0.25, 0.3) is 0 Å². The van der Waals surface area contributed by atoms with Crippen LogP contribution in [0.5, 0.6) is 0 Å². The molecule has 0 radical (unpaired) electrons. The zero-order chi connectivity index (χ0) is 30.1. The summed E-state index contributed by atoms with van der Waals surface area (Å²) in [6.45, 7) is 2.15. The van der Waals surface area contributed by atoms with Gasteiger partial charge in [0.15, 0.2) is 0 Å². The topological polar surface area (TPSA) is 105 Å². The molecule has 1 amide bonds. The van der Waals surface area contributed by atoms with Crippen molar-refractivity contribution in [3.05, 3.63) is 64.4 Å². The Morgan fingerprint density at radius 2 is 1.91 bits per heavy atom. The molecule has 8 unspecified atom stereocenters. The number of anilines is 1. The number of hydrogen-bond donors (Lipinski definition) is 2. The summed E-state index contributed by atoms with van der Waals surface area (Å²) in [5.74, 6) is -0.916. The van der Waals surface area contributed by atoms with Crippen LogP contribution in [0.4, 0.5) is 10.1 Å². The highest BCUT2D eigenvalue weighted by atomic mass is 35.5. The van der Waals surface area contributed by atoms with Crippen molar-refractivity contribution >= 4 is 33.2 Å². The second-order valence-corrected chi connectivity index (χ2v) is 15.0. The van der Waals surface area contributed by atoms with Crippen molar-refractivity contribution < 1.29 is 22.3 Å². The molecule has 0 aliphatic carbocycles. The van der Waals surface area contributed by atoms with Crippen LogP contribution in [0, 0.1) is 5.82 Å². The Bertz CT molecular complexity index is 1400. The van der Waals surface area contributed by atoms with Gasteiger partial charge in [-0.1, -0.05) is 29.8 Å². The number of fused-ring (bicyclic) bond motifs is 4. The molecule has 6 rings (SSSR count). The van der Waals surface area contributed by atoms with Crippen LogP contribution in [0.2, 0.25) is 5.02 Å². The first kappa shape index (κ1) is 30.9. The van der Waals surface area contributed by atoms with Gasteiger partial charge in [-0.3, -0.25) is 9.69 Å². The second-order valence-electron chi connectivity index (χ2n) is 12.6. The van der Waals surface area contributed by atoms with E-state index in [9.17, 15) is 13.2 Å². The van der Waals surface area contributed by atoms with Crippen molar-refractivity contribution in [2.75, 3.05) is 30.8 Å². The van der Waals surface area contributed by atoms with Crippen molar-refractivity contribution in [3.8, 4) is 0 Å². The van der Waals surface area contributed by atoms with Gasteiger partial charge in [0, 0.05) is 60.0 Å². The lowest BCUT2D eigenvalue weighted by Crippen LogP contribution is -2.53.